The second kappa shape index (κ2) is 5.69. The fourth-order valence-electron chi connectivity index (χ4n) is 1.78. The SMILES string of the molecule is COc1ncc(Cl)c(NCC2(OC)CCOC2)n1. The summed E-state index contributed by atoms with van der Waals surface area (Å²) in [6, 6.07) is 0.274. The highest BCUT2D eigenvalue weighted by Crippen LogP contribution is 2.25. The second-order valence-corrected chi connectivity index (χ2v) is 4.50. The number of rotatable bonds is 5. The summed E-state index contributed by atoms with van der Waals surface area (Å²) in [4.78, 5) is 8.06. The highest BCUT2D eigenvalue weighted by atomic mass is 35.5. The van der Waals surface area contributed by atoms with Crippen molar-refractivity contribution in [1.82, 2.24) is 9.97 Å². The molecule has 1 aliphatic heterocycles. The zero-order chi connectivity index (χ0) is 13.0. The molecule has 1 unspecified atom stereocenters. The Labute approximate surface area is 111 Å². The van der Waals surface area contributed by atoms with E-state index in [1.165, 1.54) is 13.3 Å². The molecule has 2 rings (SSSR count). The van der Waals surface area contributed by atoms with Crippen molar-refractivity contribution in [2.45, 2.75) is 12.0 Å². The minimum atomic E-state index is -0.318. The maximum atomic E-state index is 6.01. The molecule has 0 amide bonds. The van der Waals surface area contributed by atoms with Crippen LogP contribution in [-0.4, -0.2) is 49.5 Å². The highest BCUT2D eigenvalue weighted by molar-refractivity contribution is 6.32. The fraction of sp³-hybridized carbons (Fsp3) is 0.636. The molecule has 1 saturated heterocycles. The van der Waals surface area contributed by atoms with Crippen LogP contribution in [0.4, 0.5) is 5.82 Å². The number of nitrogens with one attached hydrogen (secondary N) is 1. The molecule has 1 aromatic rings. The minimum Gasteiger partial charge on any atom is -0.467 e. The Morgan fingerprint density at radius 3 is 3.00 bits per heavy atom. The molecule has 0 saturated carbocycles. The van der Waals surface area contributed by atoms with E-state index in [0.717, 1.165) is 6.42 Å². The normalized spacial score (nSPS) is 23.1. The number of hydrogen-bond donors (Lipinski definition) is 1. The lowest BCUT2D eigenvalue weighted by Crippen LogP contribution is -2.39. The molecule has 1 atom stereocenters. The lowest BCUT2D eigenvalue weighted by atomic mass is 10.0. The van der Waals surface area contributed by atoms with Gasteiger partial charge < -0.3 is 19.5 Å². The first-order chi connectivity index (χ1) is 8.69. The summed E-state index contributed by atoms with van der Waals surface area (Å²) in [5.74, 6) is 0.534. The number of methoxy groups -OCH3 is 2. The zero-order valence-electron chi connectivity index (χ0n) is 10.4. The van der Waals surface area contributed by atoms with Gasteiger partial charge in [-0.3, -0.25) is 0 Å². The van der Waals surface area contributed by atoms with Crippen molar-refractivity contribution in [3.8, 4) is 6.01 Å². The molecule has 1 N–H and O–H groups in total. The van der Waals surface area contributed by atoms with Crippen molar-refractivity contribution in [1.29, 1.82) is 0 Å². The van der Waals surface area contributed by atoms with Gasteiger partial charge in [0.25, 0.3) is 0 Å². The molecule has 0 radical (unpaired) electrons. The number of aromatic nitrogens is 2. The number of hydrogen-bond acceptors (Lipinski definition) is 6. The van der Waals surface area contributed by atoms with E-state index in [1.807, 2.05) is 0 Å². The van der Waals surface area contributed by atoms with E-state index in [1.54, 1.807) is 7.11 Å². The van der Waals surface area contributed by atoms with Crippen molar-refractivity contribution in [2.75, 3.05) is 39.3 Å². The van der Waals surface area contributed by atoms with Crippen molar-refractivity contribution in [3.63, 3.8) is 0 Å². The molecule has 7 heteroatoms. The van der Waals surface area contributed by atoms with Gasteiger partial charge >= 0.3 is 6.01 Å². The van der Waals surface area contributed by atoms with E-state index in [2.05, 4.69) is 15.3 Å². The van der Waals surface area contributed by atoms with Crippen LogP contribution < -0.4 is 10.1 Å². The van der Waals surface area contributed by atoms with Crippen molar-refractivity contribution < 1.29 is 14.2 Å². The van der Waals surface area contributed by atoms with E-state index >= 15 is 0 Å². The first-order valence-electron chi connectivity index (χ1n) is 5.62. The minimum absolute atomic E-state index is 0.274. The number of anilines is 1. The second-order valence-electron chi connectivity index (χ2n) is 4.10. The van der Waals surface area contributed by atoms with Crippen LogP contribution in [0.2, 0.25) is 5.02 Å². The summed E-state index contributed by atoms with van der Waals surface area (Å²) in [6.45, 7) is 1.84. The van der Waals surface area contributed by atoms with Gasteiger partial charge in [-0.2, -0.15) is 4.98 Å². The molecule has 0 aliphatic carbocycles. The first-order valence-corrected chi connectivity index (χ1v) is 6.00. The Morgan fingerprint density at radius 1 is 1.56 bits per heavy atom. The third-order valence-corrected chi connectivity index (χ3v) is 3.26. The van der Waals surface area contributed by atoms with Gasteiger partial charge in [0.15, 0.2) is 5.82 Å². The molecule has 0 spiro atoms. The van der Waals surface area contributed by atoms with Crippen LogP contribution in [0.5, 0.6) is 6.01 Å². The van der Waals surface area contributed by atoms with Crippen LogP contribution in [-0.2, 0) is 9.47 Å². The molecular formula is C11H16ClN3O3. The number of nitrogens with zero attached hydrogens (tertiary/aromatic N) is 2. The number of ether oxygens (including phenoxy) is 3. The van der Waals surface area contributed by atoms with E-state index in [0.29, 0.717) is 30.6 Å². The van der Waals surface area contributed by atoms with Gasteiger partial charge in [-0.1, -0.05) is 11.6 Å². The summed E-state index contributed by atoms with van der Waals surface area (Å²) in [5.41, 5.74) is -0.318. The number of halogens is 1. The summed E-state index contributed by atoms with van der Waals surface area (Å²) < 4.78 is 15.8. The van der Waals surface area contributed by atoms with E-state index < -0.39 is 0 Å². The van der Waals surface area contributed by atoms with Gasteiger partial charge in [-0.05, 0) is 0 Å². The maximum Gasteiger partial charge on any atom is 0.318 e. The lowest BCUT2D eigenvalue weighted by molar-refractivity contribution is -0.00626. The standard InChI is InChI=1S/C11H16ClN3O3/c1-16-10-13-5-8(12)9(15-10)14-6-11(17-2)3-4-18-7-11/h5H,3-4,6-7H2,1-2H3,(H,13,14,15). The fourth-order valence-corrected chi connectivity index (χ4v) is 1.94. The molecule has 100 valence electrons. The molecule has 6 nitrogen and oxygen atoms in total. The van der Waals surface area contributed by atoms with Crippen LogP contribution in [0.3, 0.4) is 0 Å². The monoisotopic (exact) mass is 273 g/mol. The van der Waals surface area contributed by atoms with Gasteiger partial charge in [0.1, 0.15) is 10.6 Å². The van der Waals surface area contributed by atoms with Crippen LogP contribution in [0.1, 0.15) is 6.42 Å². The Balaban J connectivity index is 2.05. The molecule has 2 heterocycles. The predicted octanol–water partition coefficient (Wildman–Crippen LogP) is 1.36. The average molecular weight is 274 g/mol. The van der Waals surface area contributed by atoms with Crippen LogP contribution in [0.25, 0.3) is 0 Å². The van der Waals surface area contributed by atoms with Gasteiger partial charge in [0, 0.05) is 26.7 Å². The maximum absolute atomic E-state index is 6.01. The van der Waals surface area contributed by atoms with Gasteiger partial charge in [0.2, 0.25) is 0 Å². The molecule has 0 bridgehead atoms. The Bertz CT molecular complexity index is 411. The highest BCUT2D eigenvalue weighted by Gasteiger charge is 2.35. The van der Waals surface area contributed by atoms with Gasteiger partial charge in [-0.25, -0.2) is 4.98 Å². The summed E-state index contributed by atoms with van der Waals surface area (Å²) >= 11 is 6.01. The molecule has 1 aromatic heterocycles. The van der Waals surface area contributed by atoms with Gasteiger partial charge in [-0.15, -0.1) is 0 Å². The van der Waals surface area contributed by atoms with Crippen LogP contribution >= 0.6 is 11.6 Å². The van der Waals surface area contributed by atoms with Crippen LogP contribution in [0.15, 0.2) is 6.20 Å². The summed E-state index contributed by atoms with van der Waals surface area (Å²) in [6.07, 6.45) is 2.34. The van der Waals surface area contributed by atoms with Gasteiger partial charge in [0.05, 0.1) is 19.9 Å². The lowest BCUT2D eigenvalue weighted by Gasteiger charge is -2.26. The Hall–Kier alpha value is -1.11. The van der Waals surface area contributed by atoms with Crippen LogP contribution in [0, 0.1) is 0 Å². The third kappa shape index (κ3) is 2.82. The molecule has 1 fully saturated rings. The molecule has 0 aromatic carbocycles. The Kier molecular flexibility index (Phi) is 4.21. The summed E-state index contributed by atoms with van der Waals surface area (Å²) in [5, 5.41) is 3.60. The molecule has 1 aliphatic rings. The Morgan fingerprint density at radius 2 is 2.39 bits per heavy atom. The molecule has 18 heavy (non-hydrogen) atoms. The smallest absolute Gasteiger partial charge is 0.318 e. The molecular weight excluding hydrogens is 258 g/mol. The van der Waals surface area contributed by atoms with E-state index in [-0.39, 0.29) is 11.6 Å². The van der Waals surface area contributed by atoms with Crippen molar-refractivity contribution in [2.24, 2.45) is 0 Å². The quantitative estimate of drug-likeness (QED) is 0.874. The predicted molar refractivity (Wildman–Crippen MR) is 67.3 cm³/mol. The summed E-state index contributed by atoms with van der Waals surface area (Å²) in [7, 11) is 3.19. The van der Waals surface area contributed by atoms with E-state index in [9.17, 15) is 0 Å². The largest absolute Gasteiger partial charge is 0.467 e. The average Bonchev–Trinajstić information content (AvgIpc) is 2.87. The van der Waals surface area contributed by atoms with Crippen molar-refractivity contribution >= 4 is 17.4 Å². The van der Waals surface area contributed by atoms with Crippen molar-refractivity contribution in [3.05, 3.63) is 11.2 Å². The topological polar surface area (TPSA) is 65.5 Å². The van der Waals surface area contributed by atoms with E-state index in [4.69, 9.17) is 25.8 Å². The first kappa shape index (κ1) is 13.3. The third-order valence-electron chi connectivity index (χ3n) is 2.98. The zero-order valence-corrected chi connectivity index (χ0v) is 11.2.